The van der Waals surface area contributed by atoms with E-state index >= 15 is 0 Å². The van der Waals surface area contributed by atoms with Gasteiger partial charge in [-0.2, -0.15) is 52.6 Å². The molecule has 0 amide bonds. The number of nitrogens with zero attached hydrogens (tertiary/aromatic N) is 10. The Labute approximate surface area is 261 Å². The minimum atomic E-state index is -0.381. The number of allylic oxidation sites excluding steroid dienone is 8. The molecule has 0 atom stereocenters. The maximum absolute atomic E-state index is 10.4. The third kappa shape index (κ3) is 4.27. The van der Waals surface area contributed by atoms with Gasteiger partial charge < -0.3 is 0 Å². The third-order valence-corrected chi connectivity index (χ3v) is 7.37. The Balaban J connectivity index is 1.96. The van der Waals surface area contributed by atoms with Crippen LogP contribution in [0.2, 0.25) is 0 Å². The summed E-state index contributed by atoms with van der Waals surface area (Å²) in [4.78, 5) is 0. The zero-order valence-corrected chi connectivity index (χ0v) is 23.1. The average Bonchev–Trinajstić information content (AvgIpc) is 3.59. The second-order valence-corrected chi connectivity index (χ2v) is 9.66. The molecule has 202 valence electrons. The summed E-state index contributed by atoms with van der Waals surface area (Å²) < 4.78 is 0. The van der Waals surface area contributed by atoms with Gasteiger partial charge >= 0.3 is 0 Å². The molecular formula is C36H8N10. The van der Waals surface area contributed by atoms with Crippen LogP contribution in [0.25, 0.3) is 33.4 Å². The number of rotatable bonds is 2. The maximum Gasteiger partial charge on any atom is 0.138 e. The second kappa shape index (κ2) is 11.4. The van der Waals surface area contributed by atoms with Crippen LogP contribution in [-0.2, 0) is 0 Å². The molecular weight excluding hydrogens is 572 g/mol. The van der Waals surface area contributed by atoms with Crippen LogP contribution in [0.3, 0.4) is 0 Å². The molecule has 3 aromatic rings. The van der Waals surface area contributed by atoms with E-state index in [1.54, 1.807) is 0 Å². The Morgan fingerprint density at radius 2 is 0.652 bits per heavy atom. The van der Waals surface area contributed by atoms with Crippen LogP contribution in [-0.4, -0.2) is 0 Å². The van der Waals surface area contributed by atoms with Crippen LogP contribution < -0.4 is 0 Å². The highest BCUT2D eigenvalue weighted by molar-refractivity contribution is 6.30. The van der Waals surface area contributed by atoms with Gasteiger partial charge in [0, 0.05) is 33.4 Å². The molecule has 0 saturated carbocycles. The van der Waals surface area contributed by atoms with E-state index in [1.807, 2.05) is 48.6 Å². The Morgan fingerprint density at radius 3 is 0.891 bits per heavy atom. The maximum atomic E-state index is 10.4. The molecule has 0 heterocycles. The SMILES string of the molecule is N#CC(C#N)=C1C(c2cc(C#N)cc(C#N)c2)=C(C#N)c2cc3c(cc21)C(C#N)=C(c1cc(C#N)cc(C#N)c1)C3=C(C#N)C#N. The molecule has 0 aromatic heterocycles. The first-order chi connectivity index (χ1) is 22.4. The predicted octanol–water partition coefficient (Wildman–Crippen LogP) is 5.67. The van der Waals surface area contributed by atoms with Crippen molar-refractivity contribution in [2.24, 2.45) is 0 Å². The Bertz CT molecular complexity index is 2290. The van der Waals surface area contributed by atoms with Gasteiger partial charge in [0.25, 0.3) is 0 Å². The molecule has 0 N–H and O–H groups in total. The van der Waals surface area contributed by atoms with Crippen molar-refractivity contribution in [2.75, 3.05) is 0 Å². The topological polar surface area (TPSA) is 238 Å². The molecule has 0 fully saturated rings. The molecule has 46 heavy (non-hydrogen) atoms. The quantitative estimate of drug-likeness (QED) is 0.336. The summed E-state index contributed by atoms with van der Waals surface area (Å²) in [7, 11) is 0. The largest absolute Gasteiger partial charge is 0.192 e. The highest BCUT2D eigenvalue weighted by atomic mass is 14.4. The lowest BCUT2D eigenvalue weighted by Gasteiger charge is -2.11. The number of hydrogen-bond acceptors (Lipinski definition) is 10. The van der Waals surface area contributed by atoms with Crippen molar-refractivity contribution in [1.82, 2.24) is 0 Å². The van der Waals surface area contributed by atoms with Crippen molar-refractivity contribution in [3.63, 3.8) is 0 Å². The minimum Gasteiger partial charge on any atom is -0.192 e. The fourth-order valence-corrected chi connectivity index (χ4v) is 5.62. The minimum absolute atomic E-state index is 0.0187. The van der Waals surface area contributed by atoms with Gasteiger partial charge in [-0.15, -0.1) is 0 Å². The molecule has 0 aliphatic heterocycles. The van der Waals surface area contributed by atoms with Crippen LogP contribution in [0.1, 0.15) is 55.6 Å². The molecule has 0 spiro atoms. The van der Waals surface area contributed by atoms with Crippen LogP contribution in [0.15, 0.2) is 59.7 Å². The Morgan fingerprint density at radius 1 is 0.348 bits per heavy atom. The van der Waals surface area contributed by atoms with Crippen LogP contribution in [0.5, 0.6) is 0 Å². The lowest BCUT2D eigenvalue weighted by atomic mass is 9.89. The summed E-state index contributed by atoms with van der Waals surface area (Å²) in [5, 5.41) is 99.1. The first kappa shape index (κ1) is 29.0. The number of fused-ring (bicyclic) bond motifs is 2. The molecule has 10 heteroatoms. The van der Waals surface area contributed by atoms with Crippen molar-refractivity contribution in [3.05, 3.63) is 115 Å². The van der Waals surface area contributed by atoms with Gasteiger partial charge in [0.2, 0.25) is 0 Å². The fraction of sp³-hybridized carbons (Fsp3) is 0. The Kier molecular flexibility index (Phi) is 7.21. The van der Waals surface area contributed by atoms with Crippen molar-refractivity contribution in [2.45, 2.75) is 0 Å². The first-order valence-corrected chi connectivity index (χ1v) is 12.9. The molecule has 5 rings (SSSR count). The second-order valence-electron chi connectivity index (χ2n) is 9.66. The van der Waals surface area contributed by atoms with E-state index in [4.69, 9.17) is 0 Å². The van der Waals surface area contributed by atoms with Crippen molar-refractivity contribution in [3.8, 4) is 60.7 Å². The van der Waals surface area contributed by atoms with Gasteiger partial charge in [-0.25, -0.2) is 0 Å². The van der Waals surface area contributed by atoms with E-state index in [-0.39, 0.29) is 100 Å². The predicted molar refractivity (Wildman–Crippen MR) is 159 cm³/mol. The number of benzene rings is 3. The van der Waals surface area contributed by atoms with Gasteiger partial charge in [0.15, 0.2) is 0 Å². The summed E-state index contributed by atoms with van der Waals surface area (Å²) in [6.45, 7) is 0. The van der Waals surface area contributed by atoms with Gasteiger partial charge in [0.1, 0.15) is 47.6 Å². The van der Waals surface area contributed by atoms with E-state index in [1.165, 1.54) is 48.5 Å². The molecule has 0 bridgehead atoms. The van der Waals surface area contributed by atoms with Gasteiger partial charge in [0.05, 0.1) is 57.7 Å². The standard InChI is InChI=1S/C36H8N10/c37-9-19-1-20(10-38)4-23(3-19)33-31(17-45)27-7-30-28(8-29(27)35(33)25(13-41)14-42)32(18-46)34(36(30)26(15-43)16-44)24-5-21(11-39)2-22(6-24)12-40/h1-8H. The molecule has 3 aromatic carbocycles. The molecule has 0 unspecified atom stereocenters. The number of hydrogen-bond donors (Lipinski definition) is 0. The summed E-state index contributed by atoms with van der Waals surface area (Å²) in [6, 6.07) is 30.7. The summed E-state index contributed by atoms with van der Waals surface area (Å²) in [6.07, 6.45) is 0. The summed E-state index contributed by atoms with van der Waals surface area (Å²) in [5.41, 5.74) is 1.20. The van der Waals surface area contributed by atoms with E-state index in [0.29, 0.717) is 0 Å². The fourth-order valence-electron chi connectivity index (χ4n) is 5.62. The van der Waals surface area contributed by atoms with Crippen molar-refractivity contribution < 1.29 is 0 Å². The highest BCUT2D eigenvalue weighted by Crippen LogP contribution is 2.54. The highest BCUT2D eigenvalue weighted by Gasteiger charge is 2.37. The average molecular weight is 581 g/mol. The van der Waals surface area contributed by atoms with Crippen molar-refractivity contribution >= 4 is 33.4 Å². The Hall–Kier alpha value is -8.48. The zero-order chi connectivity index (χ0) is 33.1. The van der Waals surface area contributed by atoms with Crippen molar-refractivity contribution in [1.29, 1.82) is 52.6 Å². The summed E-state index contributed by atoms with van der Waals surface area (Å²) in [5.74, 6) is 0. The van der Waals surface area contributed by atoms with E-state index < -0.39 is 0 Å². The lowest BCUT2D eigenvalue weighted by Crippen LogP contribution is -1.95. The molecule has 0 radical (unpaired) electrons. The molecule has 2 aliphatic rings. The molecule has 0 saturated heterocycles. The smallest absolute Gasteiger partial charge is 0.138 e. The van der Waals surface area contributed by atoms with Gasteiger partial charge in [-0.3, -0.25) is 0 Å². The number of nitriles is 10. The van der Waals surface area contributed by atoms with E-state index in [9.17, 15) is 52.6 Å². The van der Waals surface area contributed by atoms with Gasteiger partial charge in [-0.05, 0) is 70.8 Å². The van der Waals surface area contributed by atoms with Crippen LogP contribution >= 0.6 is 0 Å². The van der Waals surface area contributed by atoms with Crippen LogP contribution in [0.4, 0.5) is 0 Å². The van der Waals surface area contributed by atoms with E-state index in [2.05, 4.69) is 12.1 Å². The lowest BCUT2D eigenvalue weighted by molar-refractivity contribution is 1.43. The normalized spacial score (nSPS) is 11.9. The van der Waals surface area contributed by atoms with Gasteiger partial charge in [-0.1, -0.05) is 0 Å². The molecule has 10 nitrogen and oxygen atoms in total. The van der Waals surface area contributed by atoms with E-state index in [0.717, 1.165) is 0 Å². The first-order valence-electron chi connectivity index (χ1n) is 12.9. The zero-order valence-electron chi connectivity index (χ0n) is 23.1. The monoisotopic (exact) mass is 580 g/mol. The third-order valence-electron chi connectivity index (χ3n) is 7.37. The van der Waals surface area contributed by atoms with Crippen LogP contribution in [0, 0.1) is 113 Å². The molecule has 2 aliphatic carbocycles. The summed E-state index contributed by atoms with van der Waals surface area (Å²) >= 11 is 0.